The lowest BCUT2D eigenvalue weighted by Gasteiger charge is -2.31. The van der Waals surface area contributed by atoms with E-state index in [9.17, 15) is 21.6 Å². The van der Waals surface area contributed by atoms with Gasteiger partial charge in [-0.25, -0.2) is 28.2 Å². The number of nitrogens with zero attached hydrogens (tertiary/aromatic N) is 5. The molecule has 0 aliphatic carbocycles. The van der Waals surface area contributed by atoms with Crippen LogP contribution in [-0.4, -0.2) is 76.7 Å². The summed E-state index contributed by atoms with van der Waals surface area (Å²) in [6.45, 7) is 2.70. The number of nitrogens with one attached hydrogen (secondary N) is 1. The van der Waals surface area contributed by atoms with Crippen molar-refractivity contribution >= 4 is 55.3 Å². The number of rotatable bonds is 8. The number of aromatic amines is 1. The second-order valence-corrected chi connectivity index (χ2v) is 14.1. The first-order valence-electron chi connectivity index (χ1n) is 13.5. The molecule has 238 valence electrons. The Bertz CT molecular complexity index is 1840. The Labute approximate surface area is 264 Å². The highest BCUT2D eigenvalue weighted by Crippen LogP contribution is 2.35. The molecule has 17 heteroatoms. The van der Waals surface area contributed by atoms with Crippen molar-refractivity contribution < 1.29 is 36.2 Å². The first-order chi connectivity index (χ1) is 21.4. The number of carbonyl (C=O) groups is 1. The van der Waals surface area contributed by atoms with Crippen molar-refractivity contribution in [1.29, 1.82) is 0 Å². The number of halogens is 3. The van der Waals surface area contributed by atoms with Gasteiger partial charge < -0.3 is 14.8 Å². The number of carboxylic acids is 1. The van der Waals surface area contributed by atoms with Gasteiger partial charge in [-0.05, 0) is 42.5 Å². The predicted molar refractivity (Wildman–Crippen MR) is 164 cm³/mol. The van der Waals surface area contributed by atoms with Crippen molar-refractivity contribution in [3.63, 3.8) is 0 Å². The number of fused-ring (bicyclic) bond motifs is 1. The Kier molecular flexibility index (Phi) is 9.71. The molecule has 1 aromatic carbocycles. The summed E-state index contributed by atoms with van der Waals surface area (Å²) in [5.74, 6) is -2.76. The number of thiophene rings is 1. The van der Waals surface area contributed by atoms with Gasteiger partial charge in [-0.2, -0.15) is 13.2 Å². The van der Waals surface area contributed by atoms with Crippen molar-refractivity contribution in [2.45, 2.75) is 35.9 Å². The largest absolute Gasteiger partial charge is 0.490 e. The minimum atomic E-state index is -5.08. The van der Waals surface area contributed by atoms with Crippen LogP contribution in [0.4, 0.5) is 18.9 Å². The van der Waals surface area contributed by atoms with Crippen LogP contribution in [0.2, 0.25) is 0 Å². The Morgan fingerprint density at radius 1 is 1.13 bits per heavy atom. The number of aromatic nitrogens is 4. The number of aliphatic carboxylic acids is 1. The van der Waals surface area contributed by atoms with Gasteiger partial charge in [0.25, 0.3) is 10.0 Å². The zero-order chi connectivity index (χ0) is 32.2. The van der Waals surface area contributed by atoms with Gasteiger partial charge >= 0.3 is 18.2 Å². The number of para-hydroxylation sites is 1. The third-order valence-corrected chi connectivity index (χ3v) is 11.0. The fraction of sp³-hybridized carbons (Fsp3) is 0.286. The van der Waals surface area contributed by atoms with Gasteiger partial charge in [0.05, 0.1) is 16.9 Å². The van der Waals surface area contributed by atoms with Crippen LogP contribution in [-0.2, 0) is 21.4 Å². The van der Waals surface area contributed by atoms with Gasteiger partial charge in [0, 0.05) is 55.5 Å². The van der Waals surface area contributed by atoms with Crippen LogP contribution < -0.4 is 9.04 Å². The van der Waals surface area contributed by atoms with Crippen LogP contribution in [0.5, 0.6) is 6.01 Å². The fourth-order valence-corrected chi connectivity index (χ4v) is 7.89. The first-order valence-corrected chi connectivity index (χ1v) is 16.6. The lowest BCUT2D eigenvalue weighted by atomic mass is 10.1. The zero-order valence-corrected chi connectivity index (χ0v) is 26.1. The van der Waals surface area contributed by atoms with E-state index < -0.39 is 22.2 Å². The number of hydrogen-bond donors (Lipinski definition) is 2. The molecule has 11 nitrogen and oxygen atoms in total. The minimum Gasteiger partial charge on any atom is -0.475 e. The molecular formula is C28H27F3N6O5S3. The Morgan fingerprint density at radius 2 is 1.84 bits per heavy atom. The average molecular weight is 681 g/mol. The van der Waals surface area contributed by atoms with Gasteiger partial charge in [0.2, 0.25) is 0 Å². The van der Waals surface area contributed by atoms with Crippen LogP contribution in [0.1, 0.15) is 17.7 Å². The Hall–Kier alpha value is -4.06. The normalized spacial score (nSPS) is 14.6. The number of ether oxygens (including phenoxy) is 1. The summed E-state index contributed by atoms with van der Waals surface area (Å²) in [5.41, 5.74) is 2.25. The summed E-state index contributed by atoms with van der Waals surface area (Å²) >= 11 is 2.86. The number of alkyl halides is 3. The number of piperidine rings is 1. The quantitative estimate of drug-likeness (QED) is 0.213. The highest BCUT2D eigenvalue weighted by Gasteiger charge is 2.38. The molecule has 0 spiro atoms. The third-order valence-electron chi connectivity index (χ3n) is 6.84. The molecule has 0 amide bonds. The molecule has 1 aliphatic rings. The van der Waals surface area contributed by atoms with Crippen molar-refractivity contribution in [2.24, 2.45) is 0 Å². The number of anilines is 1. The molecular weight excluding hydrogens is 654 g/mol. The smallest absolute Gasteiger partial charge is 0.475 e. The first kappa shape index (κ1) is 32.3. The summed E-state index contributed by atoms with van der Waals surface area (Å²) in [7, 11) is -2.04. The minimum absolute atomic E-state index is 0.132. The SMILES string of the molecule is CN(c1cccc2cc(-c3ncc(CN4CCC(Oc5ncccn5)CC4)s3)[nH]c12)S(=O)(=O)c1cccs1.O=C(O)C(F)(F)F. The topological polar surface area (TPSA) is 142 Å². The van der Waals surface area contributed by atoms with E-state index in [1.165, 1.54) is 20.5 Å². The maximum atomic E-state index is 13.1. The predicted octanol–water partition coefficient (Wildman–Crippen LogP) is 5.64. The molecule has 1 aliphatic heterocycles. The second kappa shape index (κ2) is 13.5. The standard InChI is InChI=1S/C26H26N6O3S3.C2HF3O2/c1-31(38(33,34)23-7-3-14-36-23)22-6-2-5-18-15-21(30-24(18)22)25-29-16-20(37-25)17-32-12-8-19(9-13-32)35-26-27-10-4-11-28-26;3-2(4,5)1(6)7/h2-7,10-11,14-16,19,30H,8-9,12-13,17H2,1H3;(H,6,7). The van der Waals surface area contributed by atoms with E-state index in [1.54, 1.807) is 54.4 Å². The summed E-state index contributed by atoms with van der Waals surface area (Å²) in [4.78, 5) is 28.9. The molecule has 0 unspecified atom stereocenters. The van der Waals surface area contributed by atoms with E-state index in [-0.39, 0.29) is 6.10 Å². The van der Waals surface area contributed by atoms with E-state index in [0.717, 1.165) is 54.1 Å². The Morgan fingerprint density at radius 3 is 2.49 bits per heavy atom. The molecule has 4 aromatic heterocycles. The van der Waals surface area contributed by atoms with Gasteiger partial charge in [0.1, 0.15) is 15.3 Å². The molecule has 6 rings (SSSR count). The highest BCUT2D eigenvalue weighted by atomic mass is 32.2. The molecule has 0 bridgehead atoms. The van der Waals surface area contributed by atoms with E-state index >= 15 is 0 Å². The number of sulfonamides is 1. The number of carboxylic acid groups (broad SMARTS) is 1. The summed E-state index contributed by atoms with van der Waals surface area (Å²) in [6, 6.07) is 13.3. The van der Waals surface area contributed by atoms with Crippen molar-refractivity contribution in [3.05, 3.63) is 71.3 Å². The maximum absolute atomic E-state index is 13.1. The van der Waals surface area contributed by atoms with E-state index in [0.29, 0.717) is 15.9 Å². The van der Waals surface area contributed by atoms with E-state index in [1.807, 2.05) is 30.5 Å². The monoisotopic (exact) mass is 680 g/mol. The number of likely N-dealkylation sites (tertiary alicyclic amines) is 1. The summed E-state index contributed by atoms with van der Waals surface area (Å²) in [6.07, 6.45) is 2.22. The molecule has 5 heterocycles. The van der Waals surface area contributed by atoms with Crippen LogP contribution in [0, 0.1) is 0 Å². The Balaban J connectivity index is 0.000000515. The lowest BCUT2D eigenvalue weighted by molar-refractivity contribution is -0.192. The highest BCUT2D eigenvalue weighted by molar-refractivity contribution is 7.94. The molecule has 5 aromatic rings. The molecule has 45 heavy (non-hydrogen) atoms. The van der Waals surface area contributed by atoms with Crippen LogP contribution >= 0.6 is 22.7 Å². The van der Waals surface area contributed by atoms with Gasteiger partial charge in [-0.15, -0.1) is 22.7 Å². The maximum Gasteiger partial charge on any atom is 0.490 e. The van der Waals surface area contributed by atoms with Crippen molar-refractivity contribution in [2.75, 3.05) is 24.4 Å². The molecule has 0 radical (unpaired) electrons. The summed E-state index contributed by atoms with van der Waals surface area (Å²) < 4.78 is 65.5. The number of thiazole rings is 1. The fourth-order valence-electron chi connectivity index (χ4n) is 4.60. The lowest BCUT2D eigenvalue weighted by Crippen LogP contribution is -2.37. The molecule has 0 atom stereocenters. The van der Waals surface area contributed by atoms with Crippen LogP contribution in [0.25, 0.3) is 21.6 Å². The summed E-state index contributed by atoms with van der Waals surface area (Å²) in [5, 5.41) is 10.7. The molecule has 0 saturated carbocycles. The van der Waals surface area contributed by atoms with Crippen molar-refractivity contribution in [3.8, 4) is 16.7 Å². The number of hydrogen-bond acceptors (Lipinski definition) is 10. The zero-order valence-electron chi connectivity index (χ0n) is 23.6. The molecule has 1 fully saturated rings. The number of benzene rings is 1. The molecule has 1 saturated heterocycles. The third kappa shape index (κ3) is 7.78. The average Bonchev–Trinajstić information content (AvgIpc) is 3.79. The van der Waals surface area contributed by atoms with E-state index in [4.69, 9.17) is 14.6 Å². The van der Waals surface area contributed by atoms with Gasteiger partial charge in [-0.3, -0.25) is 9.21 Å². The van der Waals surface area contributed by atoms with E-state index in [2.05, 4.69) is 24.8 Å². The van der Waals surface area contributed by atoms with Gasteiger partial charge in [-0.1, -0.05) is 18.2 Å². The van der Waals surface area contributed by atoms with Crippen molar-refractivity contribution in [1.82, 2.24) is 24.8 Å². The molecule has 2 N–H and O–H groups in total. The van der Waals surface area contributed by atoms with Crippen LogP contribution in [0.15, 0.2) is 70.6 Å². The second-order valence-electron chi connectivity index (χ2n) is 9.89. The van der Waals surface area contributed by atoms with Gasteiger partial charge in [0.15, 0.2) is 0 Å². The van der Waals surface area contributed by atoms with Crippen LogP contribution in [0.3, 0.4) is 0 Å². The number of H-pyrrole nitrogens is 1.